The molecule has 0 unspecified atom stereocenters. The van der Waals surface area contributed by atoms with Gasteiger partial charge in [-0.25, -0.2) is 0 Å². The van der Waals surface area contributed by atoms with Gasteiger partial charge >= 0.3 is 0 Å². The summed E-state index contributed by atoms with van der Waals surface area (Å²) in [5, 5.41) is 4.66. The highest BCUT2D eigenvalue weighted by Crippen LogP contribution is 2.64. The zero-order chi connectivity index (χ0) is 58.8. The quantitative estimate of drug-likeness (QED) is 0.155. The van der Waals surface area contributed by atoms with Crippen LogP contribution in [0.5, 0.6) is 0 Å². The summed E-state index contributed by atoms with van der Waals surface area (Å²) in [6, 6.07) is 118. The molecule has 0 saturated heterocycles. The number of para-hydroxylation sites is 5. The minimum atomic E-state index is -0.567. The highest BCUT2D eigenvalue weighted by atomic mass is 16.3. The van der Waals surface area contributed by atoms with Crippen LogP contribution in [0.3, 0.4) is 0 Å². The Bertz CT molecular complexity index is 5620. The van der Waals surface area contributed by atoms with Crippen molar-refractivity contribution in [2.24, 2.45) is 0 Å². The Hall–Kier alpha value is -11.7. The maximum atomic E-state index is 6.46. The third-order valence-corrected chi connectivity index (χ3v) is 20.2. The number of nitrogens with zero attached hydrogens (tertiary/aromatic N) is 3. The fourth-order valence-electron chi connectivity index (χ4n) is 16.6. The van der Waals surface area contributed by atoms with E-state index in [0.29, 0.717) is 0 Å². The summed E-state index contributed by atoms with van der Waals surface area (Å²) in [6.07, 6.45) is 0. The first kappa shape index (κ1) is 49.5. The lowest BCUT2D eigenvalue weighted by atomic mass is 9.33. The van der Waals surface area contributed by atoms with Gasteiger partial charge in [-0.15, -0.1) is 0 Å². The Kier molecular flexibility index (Phi) is 10.3. The summed E-state index contributed by atoms with van der Waals surface area (Å²) in [5.74, 6) is 0. The van der Waals surface area contributed by atoms with Crippen molar-refractivity contribution in [2.45, 2.75) is 5.41 Å². The Morgan fingerprint density at radius 3 is 1.32 bits per heavy atom. The van der Waals surface area contributed by atoms with Crippen molar-refractivity contribution in [2.75, 3.05) is 9.80 Å². The molecule has 2 aliphatic heterocycles. The Morgan fingerprint density at radius 1 is 0.267 bits per heavy atom. The van der Waals surface area contributed by atoms with E-state index in [4.69, 9.17) is 4.42 Å². The SMILES string of the molecule is c1ccc(-c2ccccc2N2c3cc(-c4ccc5oc6ccccc6c5c4)ccc3B3c4cc5c(cc4N(c4ccccc4-c4ccccc4)c4cc(-n6c7ccccc7c7ccccc76)cc2c43)-c2ccccc2C52c3ccccc3-c3ccccc32)cc1. The lowest BCUT2D eigenvalue weighted by molar-refractivity contribution is 0.669. The molecule has 0 amide bonds. The average Bonchev–Trinajstić information content (AvgIpc) is 1.37. The van der Waals surface area contributed by atoms with Gasteiger partial charge in [0.1, 0.15) is 11.2 Å². The highest BCUT2D eigenvalue weighted by molar-refractivity contribution is 7.00. The molecule has 90 heavy (non-hydrogen) atoms. The third kappa shape index (κ3) is 6.70. The molecule has 4 heterocycles. The van der Waals surface area contributed by atoms with Crippen LogP contribution in [0.2, 0.25) is 0 Å². The molecule has 0 fully saturated rings. The number of anilines is 6. The van der Waals surface area contributed by atoms with Gasteiger partial charge in [-0.2, -0.15) is 0 Å². The van der Waals surface area contributed by atoms with E-state index >= 15 is 0 Å². The topological polar surface area (TPSA) is 24.6 Å². The summed E-state index contributed by atoms with van der Waals surface area (Å²) in [7, 11) is 0. The zero-order valence-corrected chi connectivity index (χ0v) is 48.8. The molecule has 2 aliphatic carbocycles. The molecule has 16 aromatic rings. The van der Waals surface area contributed by atoms with Gasteiger partial charge in [-0.3, -0.25) is 0 Å². The smallest absolute Gasteiger partial charge is 0.252 e. The van der Waals surface area contributed by atoms with Crippen molar-refractivity contribution in [1.29, 1.82) is 0 Å². The van der Waals surface area contributed by atoms with Crippen molar-refractivity contribution >= 4 is 101 Å². The van der Waals surface area contributed by atoms with Crippen molar-refractivity contribution in [3.63, 3.8) is 0 Å². The molecule has 2 aromatic heterocycles. The van der Waals surface area contributed by atoms with Crippen LogP contribution in [0.25, 0.3) is 105 Å². The monoisotopic (exact) mass is 1140 g/mol. The molecule has 1 spiro atoms. The predicted octanol–water partition coefficient (Wildman–Crippen LogP) is 20.1. The van der Waals surface area contributed by atoms with Crippen LogP contribution in [0.1, 0.15) is 22.3 Å². The number of hydrogen-bond acceptors (Lipinski definition) is 3. The van der Waals surface area contributed by atoms with E-state index < -0.39 is 5.41 Å². The van der Waals surface area contributed by atoms with E-state index in [1.54, 1.807) is 0 Å². The van der Waals surface area contributed by atoms with Crippen LogP contribution in [-0.2, 0) is 5.41 Å². The van der Waals surface area contributed by atoms with Gasteiger partial charge in [-0.05, 0) is 150 Å². The first-order valence-electron chi connectivity index (χ1n) is 31.3. The molecule has 0 bridgehead atoms. The molecule has 416 valence electrons. The molecule has 0 atom stereocenters. The Balaban J connectivity index is 0.955. The van der Waals surface area contributed by atoms with Crippen molar-refractivity contribution in [1.82, 2.24) is 4.57 Å². The van der Waals surface area contributed by atoms with Gasteiger partial charge in [0.05, 0.1) is 33.5 Å². The second kappa shape index (κ2) is 18.7. The fourth-order valence-corrected chi connectivity index (χ4v) is 16.6. The summed E-state index contributed by atoms with van der Waals surface area (Å²) in [6.45, 7) is -0.222. The fraction of sp³-hybridized carbons (Fsp3) is 0.0118. The van der Waals surface area contributed by atoms with E-state index in [9.17, 15) is 0 Å². The van der Waals surface area contributed by atoms with E-state index in [0.717, 1.165) is 106 Å². The minimum Gasteiger partial charge on any atom is -0.456 e. The molecule has 4 nitrogen and oxygen atoms in total. The van der Waals surface area contributed by atoms with Gasteiger partial charge in [0.2, 0.25) is 0 Å². The summed E-state index contributed by atoms with van der Waals surface area (Å²) in [5.41, 5.74) is 32.4. The molecule has 0 N–H and O–H groups in total. The van der Waals surface area contributed by atoms with Crippen LogP contribution in [0.15, 0.2) is 320 Å². The van der Waals surface area contributed by atoms with Crippen LogP contribution < -0.4 is 26.2 Å². The highest BCUT2D eigenvalue weighted by Gasteiger charge is 2.54. The number of hydrogen-bond donors (Lipinski definition) is 0. The first-order valence-corrected chi connectivity index (χ1v) is 31.3. The van der Waals surface area contributed by atoms with Crippen LogP contribution in [0.4, 0.5) is 34.1 Å². The average molecular weight is 1140 g/mol. The molecule has 0 saturated carbocycles. The minimum absolute atomic E-state index is 0.222. The van der Waals surface area contributed by atoms with Crippen molar-refractivity contribution in [3.8, 4) is 61.3 Å². The van der Waals surface area contributed by atoms with Gasteiger partial charge in [-0.1, -0.05) is 249 Å². The van der Waals surface area contributed by atoms with E-state index in [1.165, 1.54) is 71.7 Å². The first-order chi connectivity index (χ1) is 44.7. The largest absolute Gasteiger partial charge is 0.456 e. The maximum Gasteiger partial charge on any atom is 0.252 e. The molecule has 14 aromatic carbocycles. The number of furan rings is 1. The van der Waals surface area contributed by atoms with Crippen LogP contribution in [-0.4, -0.2) is 11.3 Å². The Morgan fingerprint density at radius 2 is 0.722 bits per heavy atom. The Labute approximate surface area is 521 Å². The summed E-state index contributed by atoms with van der Waals surface area (Å²) < 4.78 is 8.98. The maximum absolute atomic E-state index is 6.46. The molecule has 4 aliphatic rings. The number of rotatable bonds is 6. The summed E-state index contributed by atoms with van der Waals surface area (Å²) in [4.78, 5) is 5.28. The second-order valence-electron chi connectivity index (χ2n) is 24.6. The van der Waals surface area contributed by atoms with Gasteiger partial charge < -0.3 is 18.8 Å². The van der Waals surface area contributed by atoms with Crippen molar-refractivity contribution in [3.05, 3.63) is 338 Å². The van der Waals surface area contributed by atoms with Crippen molar-refractivity contribution < 1.29 is 4.42 Å². The molecule has 20 rings (SSSR count). The molecule has 0 radical (unpaired) electrons. The number of fused-ring (bicyclic) bond motifs is 20. The van der Waals surface area contributed by atoms with E-state index in [1.807, 2.05) is 0 Å². The third-order valence-electron chi connectivity index (χ3n) is 20.2. The van der Waals surface area contributed by atoms with E-state index in [2.05, 4.69) is 330 Å². The summed E-state index contributed by atoms with van der Waals surface area (Å²) >= 11 is 0. The lowest BCUT2D eigenvalue weighted by Gasteiger charge is -2.45. The standard InChI is InChI=1S/C85H52BN3O/c1-3-23-53(24-4-1)58-27-10-18-38-74(58)88-78-48-56(55-44-46-83-67(47-55)65-34-14-22-42-82(65)90-83)43-45-72(78)86-73-52-71-66(62-31-9-17-37-70(62)85(71)68-35-15-7-29-60(68)61-30-8-16-36-69(61)85)51-79(73)89(75-39-19-11-28-59(75)54-25-5-2-6-26-54)81-50-57(49-80(88)84(81)86)87-76-40-20-12-32-63(76)64-33-13-21-41-77(64)87/h1-52H. The zero-order valence-electron chi connectivity index (χ0n) is 48.8. The molecule has 5 heteroatoms. The van der Waals surface area contributed by atoms with Crippen LogP contribution in [0, 0.1) is 0 Å². The van der Waals surface area contributed by atoms with E-state index in [-0.39, 0.29) is 6.71 Å². The second-order valence-corrected chi connectivity index (χ2v) is 24.6. The lowest BCUT2D eigenvalue weighted by Crippen LogP contribution is -2.61. The normalized spacial score (nSPS) is 13.6. The van der Waals surface area contributed by atoms with Crippen LogP contribution >= 0.6 is 0 Å². The number of aromatic nitrogens is 1. The van der Waals surface area contributed by atoms with Gasteiger partial charge in [0.15, 0.2) is 0 Å². The molecular weight excluding hydrogens is 1090 g/mol. The van der Waals surface area contributed by atoms with Gasteiger partial charge in [0, 0.05) is 55.4 Å². The number of benzene rings is 14. The van der Waals surface area contributed by atoms with Gasteiger partial charge in [0.25, 0.3) is 6.71 Å². The predicted molar refractivity (Wildman–Crippen MR) is 375 cm³/mol. The molecular formula is C85H52BN3O.